The lowest BCUT2D eigenvalue weighted by atomic mass is 10.1. The third-order valence-corrected chi connectivity index (χ3v) is 4.83. The normalized spacial score (nSPS) is 18.8. The van der Waals surface area contributed by atoms with Gasteiger partial charge in [0.05, 0.1) is 23.2 Å². The molecule has 0 saturated heterocycles. The van der Waals surface area contributed by atoms with Crippen LogP contribution in [0.1, 0.15) is 17.2 Å². The van der Waals surface area contributed by atoms with Crippen molar-refractivity contribution in [1.82, 2.24) is 19.5 Å². The second-order valence-corrected chi connectivity index (χ2v) is 6.43. The molecule has 128 valence electrons. The second-order valence-electron chi connectivity index (χ2n) is 6.43. The Balaban J connectivity index is 1.49. The maximum Gasteiger partial charge on any atom is 0.225 e. The van der Waals surface area contributed by atoms with Gasteiger partial charge in [0, 0.05) is 12.6 Å². The number of imidazole rings is 1. The van der Waals surface area contributed by atoms with E-state index >= 15 is 0 Å². The van der Waals surface area contributed by atoms with Crippen molar-refractivity contribution in [2.75, 3.05) is 5.32 Å². The minimum Gasteiger partial charge on any atom is -0.390 e. The number of nitrogens with zero attached hydrogens (tertiary/aromatic N) is 4. The number of fused-ring (bicyclic) bond motifs is 2. The highest BCUT2D eigenvalue weighted by molar-refractivity contribution is 5.76. The zero-order valence-electron chi connectivity index (χ0n) is 13.9. The molecule has 0 fully saturated rings. The van der Waals surface area contributed by atoms with E-state index in [0.29, 0.717) is 12.4 Å². The van der Waals surface area contributed by atoms with E-state index in [2.05, 4.69) is 26.3 Å². The van der Waals surface area contributed by atoms with Crippen molar-refractivity contribution in [3.8, 4) is 5.82 Å². The molecule has 1 aliphatic carbocycles. The van der Waals surface area contributed by atoms with Crippen LogP contribution in [0.4, 0.5) is 5.95 Å². The summed E-state index contributed by atoms with van der Waals surface area (Å²) in [5, 5.41) is 13.7. The average molecular weight is 343 g/mol. The van der Waals surface area contributed by atoms with Crippen molar-refractivity contribution in [3.63, 3.8) is 0 Å². The molecule has 2 N–H and O–H groups in total. The lowest BCUT2D eigenvalue weighted by Crippen LogP contribution is -2.22. The molecule has 0 amide bonds. The monoisotopic (exact) mass is 343 g/mol. The van der Waals surface area contributed by atoms with E-state index in [0.717, 1.165) is 28.0 Å². The number of aromatic nitrogens is 4. The fourth-order valence-corrected chi connectivity index (χ4v) is 3.58. The van der Waals surface area contributed by atoms with Crippen molar-refractivity contribution in [2.24, 2.45) is 0 Å². The topological polar surface area (TPSA) is 75.9 Å². The van der Waals surface area contributed by atoms with Crippen LogP contribution in [0.15, 0.2) is 67.1 Å². The molecular weight excluding hydrogens is 326 g/mol. The zero-order valence-corrected chi connectivity index (χ0v) is 13.9. The summed E-state index contributed by atoms with van der Waals surface area (Å²) in [5.74, 6) is 1.22. The molecule has 0 bridgehead atoms. The highest BCUT2D eigenvalue weighted by Crippen LogP contribution is 2.33. The summed E-state index contributed by atoms with van der Waals surface area (Å²) in [4.78, 5) is 13.4. The van der Waals surface area contributed by atoms with E-state index in [4.69, 9.17) is 0 Å². The van der Waals surface area contributed by atoms with Gasteiger partial charge < -0.3 is 10.4 Å². The molecule has 2 unspecified atom stereocenters. The first-order valence-electron chi connectivity index (χ1n) is 8.57. The summed E-state index contributed by atoms with van der Waals surface area (Å²) in [7, 11) is 0. The van der Waals surface area contributed by atoms with Crippen LogP contribution in [0.5, 0.6) is 0 Å². The Morgan fingerprint density at radius 3 is 2.81 bits per heavy atom. The van der Waals surface area contributed by atoms with Crippen molar-refractivity contribution in [3.05, 3.63) is 78.2 Å². The first-order chi connectivity index (χ1) is 12.8. The van der Waals surface area contributed by atoms with Crippen molar-refractivity contribution < 1.29 is 5.11 Å². The van der Waals surface area contributed by atoms with Crippen LogP contribution < -0.4 is 5.32 Å². The van der Waals surface area contributed by atoms with Crippen LogP contribution in [0.3, 0.4) is 0 Å². The van der Waals surface area contributed by atoms with Gasteiger partial charge in [-0.25, -0.2) is 9.97 Å². The lowest BCUT2D eigenvalue weighted by Gasteiger charge is -2.18. The molecule has 0 spiro atoms. The molecule has 6 heteroatoms. The van der Waals surface area contributed by atoms with E-state index in [1.807, 2.05) is 53.1 Å². The van der Waals surface area contributed by atoms with Crippen molar-refractivity contribution in [1.29, 1.82) is 0 Å². The first-order valence-corrected chi connectivity index (χ1v) is 8.57. The minimum atomic E-state index is -0.492. The standard InChI is InChI=1S/C20H17N5O/c26-17-11-13-5-1-2-6-14(13)19(17)24-20-21-10-9-18(23-20)25-12-22-15-7-3-4-8-16(15)25/h1-10,12,17,19,26H,11H2,(H,21,23,24). The van der Waals surface area contributed by atoms with Crippen LogP contribution in [0.2, 0.25) is 0 Å². The molecule has 26 heavy (non-hydrogen) atoms. The van der Waals surface area contributed by atoms with Crippen molar-refractivity contribution >= 4 is 17.0 Å². The summed E-state index contributed by atoms with van der Waals surface area (Å²) < 4.78 is 1.93. The number of para-hydroxylation sites is 2. The molecule has 2 heterocycles. The summed E-state index contributed by atoms with van der Waals surface area (Å²) in [6.07, 6.45) is 3.62. The summed E-state index contributed by atoms with van der Waals surface area (Å²) in [6.45, 7) is 0. The number of benzene rings is 2. The highest BCUT2D eigenvalue weighted by atomic mass is 16.3. The molecule has 1 aliphatic rings. The van der Waals surface area contributed by atoms with E-state index in [-0.39, 0.29) is 6.04 Å². The predicted molar refractivity (Wildman–Crippen MR) is 99.2 cm³/mol. The maximum absolute atomic E-state index is 10.4. The molecule has 2 atom stereocenters. The van der Waals surface area contributed by atoms with Gasteiger partial charge in [-0.2, -0.15) is 4.98 Å². The van der Waals surface area contributed by atoms with Gasteiger partial charge in [0.15, 0.2) is 0 Å². The lowest BCUT2D eigenvalue weighted by molar-refractivity contribution is 0.165. The second kappa shape index (κ2) is 5.93. The average Bonchev–Trinajstić information content (AvgIpc) is 3.24. The number of aliphatic hydroxyl groups excluding tert-OH is 1. The SMILES string of the molecule is OC1Cc2ccccc2C1Nc1nccc(-n2cnc3ccccc32)n1. The molecule has 0 saturated carbocycles. The third kappa shape index (κ3) is 2.43. The largest absolute Gasteiger partial charge is 0.390 e. The molecule has 0 radical (unpaired) electrons. The smallest absolute Gasteiger partial charge is 0.225 e. The number of rotatable bonds is 3. The summed E-state index contributed by atoms with van der Waals surface area (Å²) >= 11 is 0. The highest BCUT2D eigenvalue weighted by Gasteiger charge is 2.31. The number of aliphatic hydroxyl groups is 1. The van der Waals surface area contributed by atoms with Crippen LogP contribution in [-0.4, -0.2) is 30.7 Å². The van der Waals surface area contributed by atoms with Crippen LogP contribution in [-0.2, 0) is 6.42 Å². The van der Waals surface area contributed by atoms with E-state index in [1.165, 1.54) is 0 Å². The van der Waals surface area contributed by atoms with Crippen LogP contribution in [0, 0.1) is 0 Å². The molecule has 0 aliphatic heterocycles. The Morgan fingerprint density at radius 1 is 1.00 bits per heavy atom. The fraction of sp³-hybridized carbons (Fsp3) is 0.150. The number of hydrogen-bond donors (Lipinski definition) is 2. The Bertz CT molecular complexity index is 1090. The maximum atomic E-state index is 10.4. The van der Waals surface area contributed by atoms with E-state index in [9.17, 15) is 5.11 Å². The Labute approximate surface area is 150 Å². The zero-order chi connectivity index (χ0) is 17.5. The first kappa shape index (κ1) is 15.0. The van der Waals surface area contributed by atoms with E-state index < -0.39 is 6.10 Å². The molecule has 5 rings (SSSR count). The van der Waals surface area contributed by atoms with Gasteiger partial charge in [-0.15, -0.1) is 0 Å². The number of nitrogens with one attached hydrogen (secondary N) is 1. The van der Waals surface area contributed by atoms with Gasteiger partial charge in [0.2, 0.25) is 5.95 Å². The Hall–Kier alpha value is -3.25. The molecule has 4 aromatic rings. The third-order valence-electron chi connectivity index (χ3n) is 4.83. The Morgan fingerprint density at radius 2 is 1.85 bits per heavy atom. The van der Waals surface area contributed by atoms with E-state index in [1.54, 1.807) is 12.5 Å². The molecular formula is C20H17N5O. The molecule has 2 aromatic carbocycles. The number of hydrogen-bond acceptors (Lipinski definition) is 5. The number of anilines is 1. The van der Waals surface area contributed by atoms with Crippen LogP contribution in [0.25, 0.3) is 16.9 Å². The van der Waals surface area contributed by atoms with Gasteiger partial charge >= 0.3 is 0 Å². The quantitative estimate of drug-likeness (QED) is 0.598. The van der Waals surface area contributed by atoms with Gasteiger partial charge in [0.25, 0.3) is 0 Å². The fourth-order valence-electron chi connectivity index (χ4n) is 3.58. The van der Waals surface area contributed by atoms with Gasteiger partial charge in [0.1, 0.15) is 12.1 Å². The van der Waals surface area contributed by atoms with Gasteiger partial charge in [-0.05, 0) is 29.3 Å². The summed E-state index contributed by atoms with van der Waals surface area (Å²) in [6, 6.07) is 17.6. The Kier molecular flexibility index (Phi) is 3.43. The van der Waals surface area contributed by atoms with Crippen LogP contribution >= 0.6 is 0 Å². The molecule has 2 aromatic heterocycles. The minimum absolute atomic E-state index is 0.207. The van der Waals surface area contributed by atoms with Gasteiger partial charge in [-0.3, -0.25) is 4.57 Å². The molecule has 6 nitrogen and oxygen atoms in total. The van der Waals surface area contributed by atoms with Gasteiger partial charge in [-0.1, -0.05) is 36.4 Å². The van der Waals surface area contributed by atoms with Crippen molar-refractivity contribution in [2.45, 2.75) is 18.6 Å². The summed E-state index contributed by atoms with van der Waals surface area (Å²) in [5.41, 5.74) is 4.17. The predicted octanol–water partition coefficient (Wildman–Crippen LogP) is 2.89.